The number of halogens is 1. The number of H-pyrrole nitrogens is 1. The molecular formula is C15H14FN3O. The van der Waals surface area contributed by atoms with Crippen LogP contribution < -0.4 is 4.74 Å². The Morgan fingerprint density at radius 2 is 2.05 bits per heavy atom. The summed E-state index contributed by atoms with van der Waals surface area (Å²) in [7, 11) is 0. The number of hydrogen-bond acceptors (Lipinski definition) is 3. The number of benzene rings is 1. The first-order valence-corrected chi connectivity index (χ1v) is 6.43. The minimum absolute atomic E-state index is 0.245. The molecule has 0 fully saturated rings. The van der Waals surface area contributed by atoms with Crippen molar-refractivity contribution in [3.8, 4) is 17.3 Å². The molecule has 20 heavy (non-hydrogen) atoms. The summed E-state index contributed by atoms with van der Waals surface area (Å²) in [5.74, 6) is 0.888. The number of hydrogen-bond donors (Lipinski definition) is 1. The van der Waals surface area contributed by atoms with Crippen molar-refractivity contribution in [2.75, 3.05) is 6.61 Å². The molecule has 0 spiro atoms. The zero-order chi connectivity index (χ0) is 14.1. The van der Waals surface area contributed by atoms with E-state index >= 15 is 0 Å². The van der Waals surface area contributed by atoms with Crippen LogP contribution in [-0.4, -0.2) is 21.6 Å². The molecule has 3 aromatic rings. The maximum absolute atomic E-state index is 13.6. The molecule has 0 saturated carbocycles. The van der Waals surface area contributed by atoms with Gasteiger partial charge in [0.1, 0.15) is 11.6 Å². The van der Waals surface area contributed by atoms with Gasteiger partial charge in [0.15, 0.2) is 5.65 Å². The molecule has 102 valence electrons. The largest absolute Gasteiger partial charge is 0.478 e. The van der Waals surface area contributed by atoms with Gasteiger partial charge < -0.3 is 9.72 Å². The molecule has 4 nitrogen and oxygen atoms in total. The Labute approximate surface area is 115 Å². The summed E-state index contributed by atoms with van der Waals surface area (Å²) in [4.78, 5) is 11.8. The number of pyridine rings is 1. The SMILES string of the molecule is CCOc1ccc2[nH]c(-c3ccc(C)c(F)c3)nc2n1. The average Bonchev–Trinajstić information content (AvgIpc) is 2.85. The van der Waals surface area contributed by atoms with Crippen LogP contribution in [0.15, 0.2) is 30.3 Å². The van der Waals surface area contributed by atoms with Crippen LogP contribution in [-0.2, 0) is 0 Å². The predicted molar refractivity (Wildman–Crippen MR) is 75.2 cm³/mol. The Morgan fingerprint density at radius 3 is 2.80 bits per heavy atom. The molecule has 2 heterocycles. The van der Waals surface area contributed by atoms with Gasteiger partial charge >= 0.3 is 0 Å². The summed E-state index contributed by atoms with van der Waals surface area (Å²) in [5, 5.41) is 0. The molecule has 0 atom stereocenters. The molecule has 0 aliphatic carbocycles. The number of aromatic amines is 1. The fourth-order valence-electron chi connectivity index (χ4n) is 1.98. The Balaban J connectivity index is 2.05. The summed E-state index contributed by atoms with van der Waals surface area (Å²) < 4.78 is 18.9. The van der Waals surface area contributed by atoms with Gasteiger partial charge in [0.25, 0.3) is 0 Å². The topological polar surface area (TPSA) is 50.8 Å². The van der Waals surface area contributed by atoms with E-state index in [2.05, 4.69) is 15.0 Å². The van der Waals surface area contributed by atoms with Crippen molar-refractivity contribution in [3.05, 3.63) is 41.7 Å². The van der Waals surface area contributed by atoms with Crippen LogP contribution >= 0.6 is 0 Å². The van der Waals surface area contributed by atoms with Crippen molar-refractivity contribution in [1.29, 1.82) is 0 Å². The molecule has 1 aromatic carbocycles. The lowest BCUT2D eigenvalue weighted by molar-refractivity contribution is 0.328. The number of fused-ring (bicyclic) bond motifs is 1. The van der Waals surface area contributed by atoms with E-state index in [0.29, 0.717) is 35.1 Å². The molecule has 0 unspecified atom stereocenters. The second-order valence-corrected chi connectivity index (χ2v) is 4.50. The van der Waals surface area contributed by atoms with E-state index in [-0.39, 0.29) is 5.82 Å². The summed E-state index contributed by atoms with van der Waals surface area (Å²) in [6.07, 6.45) is 0. The second kappa shape index (κ2) is 4.92. The average molecular weight is 271 g/mol. The van der Waals surface area contributed by atoms with Gasteiger partial charge in [0, 0.05) is 11.6 Å². The van der Waals surface area contributed by atoms with Crippen molar-refractivity contribution in [2.24, 2.45) is 0 Å². The number of rotatable bonds is 3. The number of aryl methyl sites for hydroxylation is 1. The van der Waals surface area contributed by atoms with E-state index in [4.69, 9.17) is 4.74 Å². The summed E-state index contributed by atoms with van der Waals surface area (Å²) in [6, 6.07) is 8.67. The normalized spacial score (nSPS) is 10.9. The lowest BCUT2D eigenvalue weighted by Crippen LogP contribution is -1.93. The van der Waals surface area contributed by atoms with Crippen molar-refractivity contribution in [3.63, 3.8) is 0 Å². The molecule has 0 radical (unpaired) electrons. The van der Waals surface area contributed by atoms with E-state index in [1.54, 1.807) is 19.1 Å². The maximum Gasteiger partial charge on any atom is 0.215 e. The summed E-state index contributed by atoms with van der Waals surface area (Å²) >= 11 is 0. The fourth-order valence-corrected chi connectivity index (χ4v) is 1.98. The first kappa shape index (κ1) is 12.6. The van der Waals surface area contributed by atoms with E-state index in [0.717, 1.165) is 5.52 Å². The van der Waals surface area contributed by atoms with E-state index in [1.165, 1.54) is 6.07 Å². The molecule has 2 aromatic heterocycles. The van der Waals surface area contributed by atoms with Gasteiger partial charge in [-0.15, -0.1) is 0 Å². The predicted octanol–water partition coefficient (Wildman–Crippen LogP) is 3.47. The highest BCUT2D eigenvalue weighted by molar-refractivity contribution is 5.76. The molecule has 0 amide bonds. The van der Waals surface area contributed by atoms with Crippen LogP contribution in [0.25, 0.3) is 22.6 Å². The lowest BCUT2D eigenvalue weighted by Gasteiger charge is -1.99. The smallest absolute Gasteiger partial charge is 0.215 e. The third-order valence-corrected chi connectivity index (χ3v) is 3.06. The van der Waals surface area contributed by atoms with Gasteiger partial charge in [0.05, 0.1) is 12.1 Å². The Bertz CT molecular complexity index is 767. The fraction of sp³-hybridized carbons (Fsp3) is 0.200. The van der Waals surface area contributed by atoms with Crippen molar-refractivity contribution in [2.45, 2.75) is 13.8 Å². The molecule has 0 bridgehead atoms. The molecule has 5 heteroatoms. The van der Waals surface area contributed by atoms with E-state index in [1.807, 2.05) is 19.1 Å². The Hall–Kier alpha value is -2.43. The van der Waals surface area contributed by atoms with Gasteiger partial charge in [-0.05, 0) is 31.5 Å². The Kier molecular flexibility index (Phi) is 3.10. The highest BCUT2D eigenvalue weighted by atomic mass is 19.1. The van der Waals surface area contributed by atoms with Gasteiger partial charge in [-0.25, -0.2) is 9.37 Å². The highest BCUT2D eigenvalue weighted by Crippen LogP contribution is 2.22. The van der Waals surface area contributed by atoms with E-state index < -0.39 is 0 Å². The van der Waals surface area contributed by atoms with E-state index in [9.17, 15) is 4.39 Å². The van der Waals surface area contributed by atoms with Crippen LogP contribution in [0, 0.1) is 12.7 Å². The van der Waals surface area contributed by atoms with Crippen LogP contribution in [0.4, 0.5) is 4.39 Å². The monoisotopic (exact) mass is 271 g/mol. The second-order valence-electron chi connectivity index (χ2n) is 4.50. The van der Waals surface area contributed by atoms with Gasteiger partial charge in [-0.1, -0.05) is 12.1 Å². The number of imidazole rings is 1. The maximum atomic E-state index is 13.6. The molecule has 3 rings (SSSR count). The van der Waals surface area contributed by atoms with Crippen molar-refractivity contribution < 1.29 is 9.13 Å². The zero-order valence-electron chi connectivity index (χ0n) is 11.3. The lowest BCUT2D eigenvalue weighted by atomic mass is 10.1. The highest BCUT2D eigenvalue weighted by Gasteiger charge is 2.09. The molecule has 0 aliphatic rings. The van der Waals surface area contributed by atoms with Crippen molar-refractivity contribution >= 4 is 11.2 Å². The molecule has 0 saturated heterocycles. The molecule has 1 N–H and O–H groups in total. The molecule has 0 aliphatic heterocycles. The minimum Gasteiger partial charge on any atom is -0.478 e. The Morgan fingerprint density at radius 1 is 1.20 bits per heavy atom. The number of nitrogens with zero attached hydrogens (tertiary/aromatic N) is 2. The molecular weight excluding hydrogens is 257 g/mol. The summed E-state index contributed by atoms with van der Waals surface area (Å²) in [6.45, 7) is 4.18. The van der Waals surface area contributed by atoms with Gasteiger partial charge in [-0.2, -0.15) is 4.98 Å². The van der Waals surface area contributed by atoms with Crippen LogP contribution in [0.3, 0.4) is 0 Å². The van der Waals surface area contributed by atoms with Crippen LogP contribution in [0.5, 0.6) is 5.88 Å². The van der Waals surface area contributed by atoms with Gasteiger partial charge in [0.2, 0.25) is 5.88 Å². The number of nitrogens with one attached hydrogen (secondary N) is 1. The minimum atomic E-state index is -0.245. The first-order chi connectivity index (χ1) is 9.67. The quantitative estimate of drug-likeness (QED) is 0.793. The van der Waals surface area contributed by atoms with Crippen LogP contribution in [0.2, 0.25) is 0 Å². The third kappa shape index (κ3) is 2.22. The van der Waals surface area contributed by atoms with Gasteiger partial charge in [-0.3, -0.25) is 0 Å². The summed E-state index contributed by atoms with van der Waals surface area (Å²) in [5.41, 5.74) is 2.67. The van der Waals surface area contributed by atoms with Crippen molar-refractivity contribution in [1.82, 2.24) is 15.0 Å². The zero-order valence-corrected chi connectivity index (χ0v) is 11.3. The van der Waals surface area contributed by atoms with Crippen LogP contribution in [0.1, 0.15) is 12.5 Å². The third-order valence-electron chi connectivity index (χ3n) is 3.06. The standard InChI is InChI=1S/C15H14FN3O/c1-3-20-13-7-6-12-15(18-13)19-14(17-12)10-5-4-9(2)11(16)8-10/h4-8H,3H2,1-2H3,(H,17,18,19). The number of aromatic nitrogens is 3. The number of ether oxygens (including phenoxy) is 1. The first-order valence-electron chi connectivity index (χ1n) is 6.43.